The van der Waals surface area contributed by atoms with Crippen molar-refractivity contribution in [3.05, 3.63) is 46.5 Å². The van der Waals surface area contributed by atoms with Gasteiger partial charge < -0.3 is 10.1 Å². The van der Waals surface area contributed by atoms with Crippen molar-refractivity contribution in [3.63, 3.8) is 0 Å². The molecule has 3 aliphatic carbocycles. The molecule has 3 saturated carbocycles. The lowest BCUT2D eigenvalue weighted by molar-refractivity contribution is -0.164. The third-order valence-electron chi connectivity index (χ3n) is 5.88. The van der Waals surface area contributed by atoms with Gasteiger partial charge in [-0.1, -0.05) is 11.6 Å². The van der Waals surface area contributed by atoms with Gasteiger partial charge in [0.05, 0.1) is 16.8 Å². The van der Waals surface area contributed by atoms with Crippen molar-refractivity contribution in [1.82, 2.24) is 15.1 Å². The number of hydrogen-bond acceptors (Lipinski definition) is 4. The number of carbonyl (C=O) groups is 2. The fraction of sp³-hybridized carbons (Fsp3) is 0.450. The maximum atomic E-state index is 13.4. The highest BCUT2D eigenvalue weighted by atomic mass is 35.5. The molecule has 0 atom stereocenters. The highest BCUT2D eigenvalue weighted by molar-refractivity contribution is 6.30. The normalized spacial score (nSPS) is 24.9. The van der Waals surface area contributed by atoms with Crippen LogP contribution < -0.4 is 10.1 Å². The number of benzene rings is 1. The number of hydrogen-bond donors (Lipinski definition) is 1. The van der Waals surface area contributed by atoms with Crippen LogP contribution in [0.2, 0.25) is 5.02 Å². The second-order valence-electron chi connectivity index (χ2n) is 8.09. The monoisotopic (exact) mass is 405 g/mol. The fourth-order valence-electron chi connectivity index (χ4n) is 4.57. The van der Waals surface area contributed by atoms with E-state index in [-0.39, 0.29) is 40.0 Å². The van der Waals surface area contributed by atoms with Crippen LogP contribution in [0.1, 0.15) is 41.7 Å². The molecule has 1 aromatic heterocycles. The van der Waals surface area contributed by atoms with Gasteiger partial charge in [0, 0.05) is 30.8 Å². The molecule has 28 heavy (non-hydrogen) atoms. The molecule has 0 unspecified atom stereocenters. The number of aromatic nitrogens is 2. The average Bonchev–Trinajstić information content (AvgIpc) is 2.92. The second kappa shape index (κ2) is 6.58. The number of ether oxygens (including phenoxy) is 1. The number of rotatable bonds is 7. The molecule has 6 nitrogen and oxygen atoms in total. The van der Waals surface area contributed by atoms with E-state index in [1.54, 1.807) is 10.9 Å². The van der Waals surface area contributed by atoms with Crippen molar-refractivity contribution in [3.8, 4) is 5.75 Å². The van der Waals surface area contributed by atoms with E-state index < -0.39 is 5.82 Å². The van der Waals surface area contributed by atoms with E-state index in [1.807, 2.05) is 14.0 Å². The van der Waals surface area contributed by atoms with Crippen LogP contribution >= 0.6 is 11.6 Å². The first-order chi connectivity index (χ1) is 13.2. The maximum Gasteiger partial charge on any atom is 0.258 e. The van der Waals surface area contributed by atoms with Crippen LogP contribution in [0.25, 0.3) is 0 Å². The summed E-state index contributed by atoms with van der Waals surface area (Å²) in [4.78, 5) is 24.7. The number of Topliss-reactive ketones (excluding diaryl/α,β-unsaturated/α-hetero) is 1. The lowest BCUT2D eigenvalue weighted by atomic mass is 9.38. The van der Waals surface area contributed by atoms with E-state index >= 15 is 0 Å². The molecule has 0 aliphatic heterocycles. The Labute approximate surface area is 167 Å². The summed E-state index contributed by atoms with van der Waals surface area (Å²) in [6.07, 6.45) is 4.50. The Morgan fingerprint density at radius 3 is 2.68 bits per heavy atom. The minimum atomic E-state index is -0.588. The number of ketones is 1. The van der Waals surface area contributed by atoms with Crippen molar-refractivity contribution >= 4 is 23.3 Å². The van der Waals surface area contributed by atoms with Crippen molar-refractivity contribution in [2.75, 3.05) is 6.61 Å². The molecule has 0 radical (unpaired) electrons. The van der Waals surface area contributed by atoms with Crippen molar-refractivity contribution in [2.45, 2.75) is 38.1 Å². The van der Waals surface area contributed by atoms with Crippen LogP contribution in [0.15, 0.2) is 24.4 Å². The van der Waals surface area contributed by atoms with Crippen LogP contribution in [0.3, 0.4) is 0 Å². The lowest BCUT2D eigenvalue weighted by Crippen LogP contribution is -2.75. The zero-order valence-corrected chi connectivity index (χ0v) is 16.5. The highest BCUT2D eigenvalue weighted by Crippen LogP contribution is 2.69. The molecule has 1 amide bonds. The van der Waals surface area contributed by atoms with Crippen molar-refractivity contribution < 1.29 is 18.7 Å². The average molecular weight is 406 g/mol. The quantitative estimate of drug-likeness (QED) is 0.718. The van der Waals surface area contributed by atoms with Gasteiger partial charge in [-0.15, -0.1) is 0 Å². The summed E-state index contributed by atoms with van der Waals surface area (Å²) in [6, 6.07) is 4.05. The Kier molecular flexibility index (Phi) is 4.45. The molecule has 1 aromatic carbocycles. The molecule has 5 rings (SSSR count). The van der Waals surface area contributed by atoms with Gasteiger partial charge in [-0.25, -0.2) is 4.39 Å². The number of amides is 1. The summed E-state index contributed by atoms with van der Waals surface area (Å²) >= 11 is 5.62. The summed E-state index contributed by atoms with van der Waals surface area (Å²) in [6.45, 7) is 1.69. The summed E-state index contributed by atoms with van der Waals surface area (Å²) < 4.78 is 20.4. The third-order valence-corrected chi connectivity index (χ3v) is 6.18. The number of halogens is 2. The Bertz CT molecular complexity index is 952. The number of aryl methyl sites for hydroxylation is 1. The second-order valence-corrected chi connectivity index (χ2v) is 8.50. The Balaban J connectivity index is 1.25. The summed E-state index contributed by atoms with van der Waals surface area (Å²) in [5.41, 5.74) is 1.31. The third kappa shape index (κ3) is 3.28. The van der Waals surface area contributed by atoms with Gasteiger partial charge in [0.25, 0.3) is 5.91 Å². The Hall–Kier alpha value is -2.41. The van der Waals surface area contributed by atoms with E-state index in [0.29, 0.717) is 12.0 Å². The molecule has 2 bridgehead atoms. The maximum absolute atomic E-state index is 13.4. The fourth-order valence-corrected chi connectivity index (χ4v) is 4.69. The van der Waals surface area contributed by atoms with Gasteiger partial charge in [0.15, 0.2) is 12.4 Å². The Morgan fingerprint density at radius 2 is 2.07 bits per heavy atom. The summed E-state index contributed by atoms with van der Waals surface area (Å²) in [5.74, 6) is -0.477. The minimum absolute atomic E-state index is 0.00647. The molecular weight excluding hydrogens is 385 g/mol. The smallest absolute Gasteiger partial charge is 0.258 e. The zero-order chi connectivity index (χ0) is 20.1. The molecule has 148 valence electrons. The first-order valence-corrected chi connectivity index (χ1v) is 9.49. The van der Waals surface area contributed by atoms with Crippen LogP contribution in [-0.2, 0) is 11.8 Å². The SMILES string of the molecule is Cc1c(C(=O)CC23CC(NC(=O)COc4ccc(Cl)c(F)c4)(C2)C3)cnn1C. The molecule has 1 heterocycles. The zero-order valence-electron chi connectivity index (χ0n) is 15.7. The van der Waals surface area contributed by atoms with Crippen molar-refractivity contribution in [2.24, 2.45) is 12.5 Å². The summed E-state index contributed by atoms with van der Waals surface area (Å²) in [7, 11) is 1.82. The van der Waals surface area contributed by atoms with E-state index in [9.17, 15) is 14.0 Å². The minimum Gasteiger partial charge on any atom is -0.484 e. The van der Waals surface area contributed by atoms with E-state index in [1.165, 1.54) is 12.1 Å². The van der Waals surface area contributed by atoms with Crippen LogP contribution in [0.4, 0.5) is 4.39 Å². The molecular formula is C20H21ClFN3O3. The van der Waals surface area contributed by atoms with Gasteiger partial charge in [-0.05, 0) is 43.7 Å². The molecule has 2 aromatic rings. The topological polar surface area (TPSA) is 73.2 Å². The van der Waals surface area contributed by atoms with E-state index in [4.69, 9.17) is 16.3 Å². The molecule has 3 fully saturated rings. The largest absolute Gasteiger partial charge is 0.484 e. The molecule has 8 heteroatoms. The van der Waals surface area contributed by atoms with Gasteiger partial charge in [0.1, 0.15) is 11.6 Å². The van der Waals surface area contributed by atoms with Crippen molar-refractivity contribution in [1.29, 1.82) is 0 Å². The molecule has 3 aliphatic rings. The van der Waals surface area contributed by atoms with Gasteiger partial charge in [0.2, 0.25) is 0 Å². The number of nitrogens with zero attached hydrogens (tertiary/aromatic N) is 2. The Morgan fingerprint density at radius 1 is 1.36 bits per heavy atom. The standard InChI is InChI=1S/C20H21ClFN3O3/c1-12-14(7-23-25(12)2)17(26)6-19-9-20(10-19,11-19)24-18(27)8-28-13-3-4-15(21)16(22)5-13/h3-5,7H,6,8-11H2,1-2H3,(H,24,27). The lowest BCUT2D eigenvalue weighted by Gasteiger charge is -2.70. The van der Waals surface area contributed by atoms with Gasteiger partial charge in [-0.2, -0.15) is 5.10 Å². The molecule has 0 saturated heterocycles. The molecule has 0 spiro atoms. The van der Waals surface area contributed by atoms with E-state index in [0.717, 1.165) is 31.0 Å². The van der Waals surface area contributed by atoms with E-state index in [2.05, 4.69) is 10.4 Å². The first-order valence-electron chi connectivity index (χ1n) is 9.12. The predicted molar refractivity (Wildman–Crippen MR) is 101 cm³/mol. The summed E-state index contributed by atoms with van der Waals surface area (Å²) in [5, 5.41) is 7.13. The van der Waals surface area contributed by atoms with Crippen LogP contribution in [-0.4, -0.2) is 33.6 Å². The van der Waals surface area contributed by atoms with Gasteiger partial charge >= 0.3 is 0 Å². The molecule has 1 N–H and O–H groups in total. The van der Waals surface area contributed by atoms with Crippen LogP contribution in [0.5, 0.6) is 5.75 Å². The van der Waals surface area contributed by atoms with Gasteiger partial charge in [-0.3, -0.25) is 14.3 Å². The first kappa shape index (κ1) is 18.9. The predicted octanol–water partition coefficient (Wildman–Crippen LogP) is 3.21. The van der Waals surface area contributed by atoms with Crippen LogP contribution in [0, 0.1) is 18.2 Å². The number of nitrogens with one attached hydrogen (secondary N) is 1. The highest BCUT2D eigenvalue weighted by Gasteiger charge is 2.68. The number of carbonyl (C=O) groups excluding carboxylic acids is 2.